The van der Waals surface area contributed by atoms with Crippen LogP contribution in [0, 0.1) is 11.3 Å². The number of nitrogens with two attached hydrogens (primary N) is 1. The number of benzene rings is 1. The average Bonchev–Trinajstić information content (AvgIpc) is 2.92. The summed E-state index contributed by atoms with van der Waals surface area (Å²) in [5.41, 5.74) is 0.678. The molecule has 0 saturated heterocycles. The maximum atomic E-state index is 8.68. The zero-order valence-electron chi connectivity index (χ0n) is 10.8. The quantitative estimate of drug-likeness (QED) is 0.777. The van der Waals surface area contributed by atoms with Crippen molar-refractivity contribution in [2.75, 3.05) is 13.2 Å². The van der Waals surface area contributed by atoms with E-state index >= 15 is 0 Å². The Bertz CT molecular complexity index is 388. The lowest BCUT2D eigenvalue weighted by molar-refractivity contribution is -0.688. The van der Waals surface area contributed by atoms with Gasteiger partial charge in [-0.3, -0.25) is 0 Å². The first-order valence-electron chi connectivity index (χ1n) is 6.85. The summed E-state index contributed by atoms with van der Waals surface area (Å²) in [7, 11) is 0. The summed E-state index contributed by atoms with van der Waals surface area (Å²) < 4.78 is 5.64. The third-order valence-electron chi connectivity index (χ3n) is 3.50. The summed E-state index contributed by atoms with van der Waals surface area (Å²) in [5.74, 6) is 0.856. The van der Waals surface area contributed by atoms with Crippen LogP contribution in [-0.4, -0.2) is 19.2 Å². The number of hydrogen-bond donors (Lipinski definition) is 1. The fourth-order valence-corrected chi connectivity index (χ4v) is 2.45. The molecule has 0 aromatic heterocycles. The number of quaternary nitrogens is 1. The van der Waals surface area contributed by atoms with Crippen LogP contribution in [0.4, 0.5) is 0 Å². The second-order valence-corrected chi connectivity index (χ2v) is 4.91. The van der Waals surface area contributed by atoms with Crippen molar-refractivity contribution < 1.29 is 10.1 Å². The summed E-state index contributed by atoms with van der Waals surface area (Å²) in [6.45, 7) is 1.91. The fourth-order valence-electron chi connectivity index (χ4n) is 2.45. The molecular weight excluding hydrogens is 224 g/mol. The van der Waals surface area contributed by atoms with Crippen LogP contribution in [0.5, 0.6) is 5.75 Å². The van der Waals surface area contributed by atoms with Gasteiger partial charge in [0, 0.05) is 6.42 Å². The van der Waals surface area contributed by atoms with E-state index in [2.05, 4.69) is 11.4 Å². The van der Waals surface area contributed by atoms with Crippen molar-refractivity contribution in [2.24, 2.45) is 0 Å². The van der Waals surface area contributed by atoms with E-state index in [1.54, 1.807) is 12.1 Å². The molecule has 0 atom stereocenters. The first-order valence-corrected chi connectivity index (χ1v) is 6.85. The molecule has 0 unspecified atom stereocenters. The predicted octanol–water partition coefficient (Wildman–Crippen LogP) is 1.83. The van der Waals surface area contributed by atoms with Crippen molar-refractivity contribution >= 4 is 0 Å². The molecule has 1 saturated carbocycles. The minimum Gasteiger partial charge on any atom is -0.493 e. The minimum atomic E-state index is 0.678. The number of ether oxygens (including phenoxy) is 1. The minimum absolute atomic E-state index is 0.678. The standard InChI is InChI=1S/C15H20N2O/c16-12-13-6-8-15(9-7-13)18-11-3-10-17-14-4-1-2-5-14/h6-9,14,17H,1-5,10-11H2/p+1. The second-order valence-electron chi connectivity index (χ2n) is 4.91. The number of rotatable bonds is 6. The number of nitrogens with zero attached hydrogens (tertiary/aromatic N) is 1. The van der Waals surface area contributed by atoms with Crippen LogP contribution in [-0.2, 0) is 0 Å². The van der Waals surface area contributed by atoms with Crippen LogP contribution in [0.25, 0.3) is 0 Å². The van der Waals surface area contributed by atoms with Crippen molar-refractivity contribution in [3.05, 3.63) is 29.8 Å². The molecule has 1 aromatic rings. The Labute approximate surface area is 109 Å². The van der Waals surface area contributed by atoms with E-state index < -0.39 is 0 Å². The van der Waals surface area contributed by atoms with Crippen molar-refractivity contribution in [2.45, 2.75) is 38.1 Å². The molecule has 0 radical (unpaired) electrons. The Morgan fingerprint density at radius 2 is 1.94 bits per heavy atom. The third kappa shape index (κ3) is 4.05. The molecule has 18 heavy (non-hydrogen) atoms. The van der Waals surface area contributed by atoms with Crippen LogP contribution in [0.3, 0.4) is 0 Å². The topological polar surface area (TPSA) is 49.6 Å². The highest BCUT2D eigenvalue weighted by atomic mass is 16.5. The molecule has 96 valence electrons. The molecular formula is C15H21N2O+. The van der Waals surface area contributed by atoms with Gasteiger partial charge in [-0.1, -0.05) is 0 Å². The highest BCUT2D eigenvalue weighted by Crippen LogP contribution is 2.14. The normalized spacial score (nSPS) is 15.5. The Balaban J connectivity index is 1.58. The summed E-state index contributed by atoms with van der Waals surface area (Å²) in [6, 6.07) is 10.3. The van der Waals surface area contributed by atoms with Crippen molar-refractivity contribution in [1.29, 1.82) is 5.26 Å². The lowest BCUT2D eigenvalue weighted by Crippen LogP contribution is -2.89. The summed E-state index contributed by atoms with van der Waals surface area (Å²) in [4.78, 5) is 0. The average molecular weight is 245 g/mol. The lowest BCUT2D eigenvalue weighted by Gasteiger charge is -2.09. The zero-order chi connectivity index (χ0) is 12.6. The van der Waals surface area contributed by atoms with Crippen LogP contribution < -0.4 is 10.1 Å². The summed E-state index contributed by atoms with van der Waals surface area (Å²) >= 11 is 0. The third-order valence-corrected chi connectivity index (χ3v) is 3.50. The molecule has 0 bridgehead atoms. The van der Waals surface area contributed by atoms with Crippen LogP contribution in [0.15, 0.2) is 24.3 Å². The number of nitriles is 1. The van der Waals surface area contributed by atoms with Crippen molar-refractivity contribution in [1.82, 2.24) is 0 Å². The zero-order valence-corrected chi connectivity index (χ0v) is 10.8. The molecule has 2 N–H and O–H groups in total. The number of hydrogen-bond acceptors (Lipinski definition) is 2. The van der Waals surface area contributed by atoms with Gasteiger partial charge in [-0.25, -0.2) is 0 Å². The van der Waals surface area contributed by atoms with E-state index in [-0.39, 0.29) is 0 Å². The van der Waals surface area contributed by atoms with Gasteiger partial charge < -0.3 is 10.1 Å². The van der Waals surface area contributed by atoms with E-state index in [0.717, 1.165) is 31.4 Å². The van der Waals surface area contributed by atoms with Gasteiger partial charge in [0.1, 0.15) is 5.75 Å². The maximum Gasteiger partial charge on any atom is 0.119 e. The van der Waals surface area contributed by atoms with E-state index in [1.807, 2.05) is 12.1 Å². The van der Waals surface area contributed by atoms with Gasteiger partial charge in [-0.2, -0.15) is 5.26 Å². The van der Waals surface area contributed by atoms with Crippen LogP contribution in [0.2, 0.25) is 0 Å². The highest BCUT2D eigenvalue weighted by molar-refractivity contribution is 5.34. The predicted molar refractivity (Wildman–Crippen MR) is 70.3 cm³/mol. The molecule has 0 amide bonds. The SMILES string of the molecule is N#Cc1ccc(OCCC[NH2+]C2CCCC2)cc1. The maximum absolute atomic E-state index is 8.68. The molecule has 1 aliphatic carbocycles. The molecule has 1 aromatic carbocycles. The first kappa shape index (κ1) is 12.9. The molecule has 0 aliphatic heterocycles. The van der Waals surface area contributed by atoms with Gasteiger partial charge >= 0.3 is 0 Å². The molecule has 3 nitrogen and oxygen atoms in total. The van der Waals surface area contributed by atoms with Gasteiger partial charge in [-0.15, -0.1) is 0 Å². The van der Waals surface area contributed by atoms with E-state index in [9.17, 15) is 0 Å². The Kier molecular flexibility index (Phi) is 5.04. The van der Waals surface area contributed by atoms with Gasteiger partial charge in [0.05, 0.1) is 30.8 Å². The molecule has 1 fully saturated rings. The summed E-state index contributed by atoms with van der Waals surface area (Å²) in [6.07, 6.45) is 6.66. The molecule has 0 heterocycles. The van der Waals surface area contributed by atoms with E-state index in [1.165, 1.54) is 25.7 Å². The largest absolute Gasteiger partial charge is 0.493 e. The molecule has 3 heteroatoms. The Hall–Kier alpha value is -1.53. The molecule has 1 aliphatic rings. The van der Waals surface area contributed by atoms with Crippen LogP contribution >= 0.6 is 0 Å². The fraction of sp³-hybridized carbons (Fsp3) is 0.533. The van der Waals surface area contributed by atoms with Gasteiger partial charge in [-0.05, 0) is 49.9 Å². The Morgan fingerprint density at radius 3 is 2.61 bits per heavy atom. The van der Waals surface area contributed by atoms with Crippen molar-refractivity contribution in [3.63, 3.8) is 0 Å². The van der Waals surface area contributed by atoms with Crippen molar-refractivity contribution in [3.8, 4) is 11.8 Å². The smallest absolute Gasteiger partial charge is 0.119 e. The van der Waals surface area contributed by atoms with E-state index in [4.69, 9.17) is 10.00 Å². The lowest BCUT2D eigenvalue weighted by atomic mass is 10.2. The van der Waals surface area contributed by atoms with E-state index in [0.29, 0.717) is 5.56 Å². The Morgan fingerprint density at radius 1 is 1.22 bits per heavy atom. The van der Waals surface area contributed by atoms with Gasteiger partial charge in [0.2, 0.25) is 0 Å². The molecule has 2 rings (SSSR count). The van der Waals surface area contributed by atoms with Crippen LogP contribution in [0.1, 0.15) is 37.7 Å². The van der Waals surface area contributed by atoms with Gasteiger partial charge in [0.15, 0.2) is 0 Å². The molecule has 0 spiro atoms. The second kappa shape index (κ2) is 7.03. The first-order chi connectivity index (χ1) is 8.88. The summed E-state index contributed by atoms with van der Waals surface area (Å²) in [5, 5.41) is 11.2. The highest BCUT2D eigenvalue weighted by Gasteiger charge is 2.16. The monoisotopic (exact) mass is 245 g/mol. The van der Waals surface area contributed by atoms with Gasteiger partial charge in [0.25, 0.3) is 0 Å².